The van der Waals surface area contributed by atoms with Crippen molar-refractivity contribution >= 4 is 24.8 Å². The third-order valence-electron chi connectivity index (χ3n) is 2.65. The molecule has 2 heteroatoms. The fourth-order valence-corrected chi connectivity index (χ4v) is 1.67. The number of aliphatic imine (C=N–C) groups is 2. The highest BCUT2D eigenvalue weighted by atomic mass is 14.7. The van der Waals surface area contributed by atoms with Gasteiger partial charge in [-0.25, -0.2) is 0 Å². The maximum absolute atomic E-state index is 3.87. The van der Waals surface area contributed by atoms with Crippen LogP contribution in [0.4, 0.5) is 11.4 Å². The minimum absolute atomic E-state index is 0.903. The molecular formula is C15H14N2. The van der Waals surface area contributed by atoms with Crippen molar-refractivity contribution in [1.82, 2.24) is 0 Å². The molecule has 0 N–H and O–H groups in total. The monoisotopic (exact) mass is 222 g/mol. The predicted molar refractivity (Wildman–Crippen MR) is 74.1 cm³/mol. The molecule has 2 aromatic carbocycles. The minimum Gasteiger partial charge on any atom is -0.265 e. The van der Waals surface area contributed by atoms with E-state index in [0.29, 0.717) is 0 Å². The second-order valence-electron chi connectivity index (χ2n) is 3.83. The van der Waals surface area contributed by atoms with Gasteiger partial charge in [0.25, 0.3) is 0 Å². The molecule has 2 rings (SSSR count). The van der Waals surface area contributed by atoms with Crippen LogP contribution in [0, 0.1) is 0 Å². The molecule has 0 aromatic heterocycles. The van der Waals surface area contributed by atoms with Crippen molar-refractivity contribution in [3.63, 3.8) is 0 Å². The molecule has 2 nitrogen and oxygen atoms in total. The van der Waals surface area contributed by atoms with Gasteiger partial charge in [-0.15, -0.1) is 0 Å². The molecule has 0 heterocycles. The maximum atomic E-state index is 3.87. The first kappa shape index (κ1) is 11.3. The highest BCUT2D eigenvalue weighted by Crippen LogP contribution is 2.17. The largest absolute Gasteiger partial charge is 0.265 e. The summed E-state index contributed by atoms with van der Waals surface area (Å²) < 4.78 is 0. The van der Waals surface area contributed by atoms with Crippen molar-refractivity contribution in [2.45, 2.75) is 6.42 Å². The Balaban J connectivity index is 2.13. The molecule has 0 aliphatic heterocycles. The molecule has 0 aliphatic carbocycles. The van der Waals surface area contributed by atoms with Crippen molar-refractivity contribution in [1.29, 1.82) is 0 Å². The molecule has 84 valence electrons. The zero-order chi connectivity index (χ0) is 12.1. The number of nitrogens with zero attached hydrogens (tertiary/aromatic N) is 2. The highest BCUT2D eigenvalue weighted by Gasteiger charge is 1.97. The van der Waals surface area contributed by atoms with Crippen molar-refractivity contribution in [3.8, 4) is 0 Å². The van der Waals surface area contributed by atoms with Crippen LogP contribution in [0.1, 0.15) is 11.1 Å². The molecule has 0 atom stereocenters. The molecule has 17 heavy (non-hydrogen) atoms. The molecule has 0 unspecified atom stereocenters. The van der Waals surface area contributed by atoms with Crippen molar-refractivity contribution in [2.24, 2.45) is 9.98 Å². The van der Waals surface area contributed by atoms with Crippen LogP contribution in [0.25, 0.3) is 0 Å². The molecule has 0 saturated carbocycles. The van der Waals surface area contributed by atoms with Gasteiger partial charge in [-0.2, -0.15) is 0 Å². The van der Waals surface area contributed by atoms with Gasteiger partial charge in [-0.3, -0.25) is 9.98 Å². The lowest BCUT2D eigenvalue weighted by molar-refractivity contribution is 1.19. The third-order valence-corrected chi connectivity index (χ3v) is 2.65. The second-order valence-corrected chi connectivity index (χ2v) is 3.83. The number of rotatable bonds is 4. The molecule has 2 aromatic rings. The Kier molecular flexibility index (Phi) is 3.46. The van der Waals surface area contributed by atoms with Gasteiger partial charge in [0, 0.05) is 0 Å². The average molecular weight is 222 g/mol. The summed E-state index contributed by atoms with van der Waals surface area (Å²) in [6.07, 6.45) is 0.912. The molecule has 0 fully saturated rings. The van der Waals surface area contributed by atoms with E-state index in [0.717, 1.165) is 17.8 Å². The van der Waals surface area contributed by atoms with Crippen LogP contribution < -0.4 is 0 Å². The first-order valence-corrected chi connectivity index (χ1v) is 5.43. The van der Waals surface area contributed by atoms with E-state index in [4.69, 9.17) is 0 Å². The number of hydrogen-bond acceptors (Lipinski definition) is 2. The lowest BCUT2D eigenvalue weighted by Crippen LogP contribution is -1.86. The van der Waals surface area contributed by atoms with Crippen LogP contribution in [0.5, 0.6) is 0 Å². The summed E-state index contributed by atoms with van der Waals surface area (Å²) in [5.74, 6) is 0. The van der Waals surface area contributed by atoms with Crippen LogP contribution in [0.2, 0.25) is 0 Å². The summed E-state index contributed by atoms with van der Waals surface area (Å²) >= 11 is 0. The molecule has 0 aliphatic rings. The standard InChI is InChI=1S/C15H14N2/c1-16-14-7-3-12(4-8-14)11-13-5-9-15(17-2)10-6-13/h3-10H,1-2,11H2. The summed E-state index contributed by atoms with van der Waals surface area (Å²) in [6.45, 7) is 6.99. The van der Waals surface area contributed by atoms with E-state index in [1.54, 1.807) is 0 Å². The Bertz CT molecular complexity index is 460. The number of benzene rings is 2. The van der Waals surface area contributed by atoms with E-state index in [1.165, 1.54) is 11.1 Å². The highest BCUT2D eigenvalue weighted by molar-refractivity contribution is 5.48. The Morgan fingerprint density at radius 3 is 1.29 bits per heavy atom. The predicted octanol–water partition coefficient (Wildman–Crippen LogP) is 3.94. The fraction of sp³-hybridized carbons (Fsp3) is 0.0667. The van der Waals surface area contributed by atoms with Gasteiger partial charge in [0.15, 0.2) is 0 Å². The Labute approximate surface area is 101 Å². The van der Waals surface area contributed by atoms with E-state index < -0.39 is 0 Å². The molecule has 0 spiro atoms. The lowest BCUT2D eigenvalue weighted by atomic mass is 10.0. The van der Waals surface area contributed by atoms with Crippen LogP contribution in [0.15, 0.2) is 58.5 Å². The zero-order valence-corrected chi connectivity index (χ0v) is 9.63. The van der Waals surface area contributed by atoms with Crippen molar-refractivity contribution in [2.75, 3.05) is 0 Å². The van der Waals surface area contributed by atoms with Crippen molar-refractivity contribution < 1.29 is 0 Å². The maximum Gasteiger partial charge on any atom is 0.0622 e. The molecule has 0 amide bonds. The fourth-order valence-electron chi connectivity index (χ4n) is 1.67. The van der Waals surface area contributed by atoms with Crippen LogP contribution >= 0.6 is 0 Å². The zero-order valence-electron chi connectivity index (χ0n) is 9.63. The topological polar surface area (TPSA) is 24.7 Å². The van der Waals surface area contributed by atoms with Crippen LogP contribution in [-0.4, -0.2) is 13.4 Å². The molecule has 0 saturated heterocycles. The van der Waals surface area contributed by atoms with E-state index in [2.05, 4.69) is 47.7 Å². The number of hydrogen-bond donors (Lipinski definition) is 0. The summed E-state index contributed by atoms with van der Waals surface area (Å²) in [5.41, 5.74) is 4.33. The van der Waals surface area contributed by atoms with Crippen LogP contribution in [0.3, 0.4) is 0 Å². The molecular weight excluding hydrogens is 208 g/mol. The van der Waals surface area contributed by atoms with Gasteiger partial charge < -0.3 is 0 Å². The summed E-state index contributed by atoms with van der Waals surface area (Å²) in [7, 11) is 0. The summed E-state index contributed by atoms with van der Waals surface area (Å²) in [6, 6.07) is 16.2. The van der Waals surface area contributed by atoms with E-state index >= 15 is 0 Å². The van der Waals surface area contributed by atoms with E-state index in [-0.39, 0.29) is 0 Å². The minimum atomic E-state index is 0.903. The van der Waals surface area contributed by atoms with E-state index in [1.807, 2.05) is 24.3 Å². The SMILES string of the molecule is C=Nc1ccc(Cc2ccc(N=C)cc2)cc1. The average Bonchev–Trinajstić information content (AvgIpc) is 2.40. The van der Waals surface area contributed by atoms with Gasteiger partial charge in [0.05, 0.1) is 11.4 Å². The van der Waals surface area contributed by atoms with Gasteiger partial charge in [-0.1, -0.05) is 24.3 Å². The quantitative estimate of drug-likeness (QED) is 0.700. The van der Waals surface area contributed by atoms with E-state index in [9.17, 15) is 0 Å². The third kappa shape index (κ3) is 2.88. The first-order valence-electron chi connectivity index (χ1n) is 5.43. The molecule has 0 bridgehead atoms. The van der Waals surface area contributed by atoms with Gasteiger partial charge in [0.2, 0.25) is 0 Å². The summed E-state index contributed by atoms with van der Waals surface area (Å²) in [5, 5.41) is 0. The summed E-state index contributed by atoms with van der Waals surface area (Å²) in [4.78, 5) is 7.74. The lowest BCUT2D eigenvalue weighted by Gasteiger charge is -2.03. The smallest absolute Gasteiger partial charge is 0.0622 e. The normalized spacial score (nSPS) is 9.88. The second kappa shape index (κ2) is 5.21. The van der Waals surface area contributed by atoms with Crippen LogP contribution in [-0.2, 0) is 6.42 Å². The van der Waals surface area contributed by atoms with Gasteiger partial charge in [-0.05, 0) is 55.2 Å². The Morgan fingerprint density at radius 2 is 1.00 bits per heavy atom. The Morgan fingerprint density at radius 1 is 0.647 bits per heavy atom. The Hall–Kier alpha value is -2.22. The van der Waals surface area contributed by atoms with Gasteiger partial charge >= 0.3 is 0 Å². The van der Waals surface area contributed by atoms with Gasteiger partial charge in [0.1, 0.15) is 0 Å². The first-order chi connectivity index (χ1) is 8.31. The van der Waals surface area contributed by atoms with Crippen molar-refractivity contribution in [3.05, 3.63) is 59.7 Å². The molecule has 0 radical (unpaired) electrons.